The number of aromatic nitrogens is 1. The van der Waals surface area contributed by atoms with Crippen LogP contribution in [0.25, 0.3) is 17.0 Å². The van der Waals surface area contributed by atoms with Crippen molar-refractivity contribution < 1.29 is 9.90 Å². The Kier molecular flexibility index (Phi) is 3.56. The molecule has 3 rings (SSSR count). The summed E-state index contributed by atoms with van der Waals surface area (Å²) in [6.45, 7) is 0.710. The van der Waals surface area contributed by atoms with Crippen molar-refractivity contribution in [2.45, 2.75) is 6.54 Å². The highest BCUT2D eigenvalue weighted by Crippen LogP contribution is 2.20. The molecule has 0 unspecified atom stereocenters. The number of fused-ring (bicyclic) bond motifs is 1. The van der Waals surface area contributed by atoms with Gasteiger partial charge in [-0.25, -0.2) is 4.79 Å². The second-order valence-electron chi connectivity index (χ2n) is 4.82. The molecule has 21 heavy (non-hydrogen) atoms. The third kappa shape index (κ3) is 2.72. The third-order valence-corrected chi connectivity index (χ3v) is 3.46. The monoisotopic (exact) mass is 277 g/mol. The van der Waals surface area contributed by atoms with Crippen LogP contribution in [-0.4, -0.2) is 15.6 Å². The van der Waals surface area contributed by atoms with Gasteiger partial charge < -0.3 is 9.67 Å². The van der Waals surface area contributed by atoms with Crippen LogP contribution < -0.4 is 0 Å². The van der Waals surface area contributed by atoms with Crippen molar-refractivity contribution in [1.29, 1.82) is 0 Å². The van der Waals surface area contributed by atoms with Crippen LogP contribution in [0.1, 0.15) is 15.9 Å². The highest BCUT2D eigenvalue weighted by Gasteiger charge is 2.09. The summed E-state index contributed by atoms with van der Waals surface area (Å²) in [7, 11) is 0. The van der Waals surface area contributed by atoms with Crippen LogP contribution in [0.3, 0.4) is 0 Å². The van der Waals surface area contributed by atoms with Crippen LogP contribution in [0.15, 0.2) is 66.9 Å². The van der Waals surface area contributed by atoms with Gasteiger partial charge in [-0.1, -0.05) is 48.6 Å². The number of carbonyl (C=O) groups is 1. The molecule has 1 heterocycles. The molecule has 0 amide bonds. The second-order valence-corrected chi connectivity index (χ2v) is 4.82. The molecular weight excluding hydrogens is 262 g/mol. The number of aromatic carboxylic acids is 1. The molecule has 3 nitrogen and oxygen atoms in total. The molecule has 0 bridgehead atoms. The van der Waals surface area contributed by atoms with E-state index >= 15 is 0 Å². The van der Waals surface area contributed by atoms with E-state index in [9.17, 15) is 9.90 Å². The van der Waals surface area contributed by atoms with E-state index in [1.54, 1.807) is 12.1 Å². The first-order valence-electron chi connectivity index (χ1n) is 6.78. The molecule has 0 fully saturated rings. The molecule has 0 saturated carbocycles. The number of carboxylic acids is 1. The number of hydrogen-bond acceptors (Lipinski definition) is 1. The third-order valence-electron chi connectivity index (χ3n) is 3.46. The molecule has 104 valence electrons. The minimum absolute atomic E-state index is 0.346. The maximum Gasteiger partial charge on any atom is 0.336 e. The topological polar surface area (TPSA) is 42.2 Å². The fourth-order valence-electron chi connectivity index (χ4n) is 2.44. The van der Waals surface area contributed by atoms with Crippen molar-refractivity contribution in [3.63, 3.8) is 0 Å². The standard InChI is InChI=1S/C18H15NO2/c20-18(21)16-9-4-10-17-15(16)11-13-19(17)12-5-8-14-6-2-1-3-7-14/h1-11,13H,12H2,(H,20,21)/b8-5+. The summed E-state index contributed by atoms with van der Waals surface area (Å²) in [5.74, 6) is -0.891. The first-order chi connectivity index (χ1) is 10.3. The fraction of sp³-hybridized carbons (Fsp3) is 0.0556. The minimum Gasteiger partial charge on any atom is -0.478 e. The quantitative estimate of drug-likeness (QED) is 0.781. The van der Waals surface area contributed by atoms with E-state index in [0.29, 0.717) is 12.1 Å². The van der Waals surface area contributed by atoms with Gasteiger partial charge in [-0.3, -0.25) is 0 Å². The molecule has 3 aromatic rings. The molecule has 0 aliphatic carbocycles. The Morgan fingerprint density at radius 2 is 1.86 bits per heavy atom. The Balaban J connectivity index is 1.87. The summed E-state index contributed by atoms with van der Waals surface area (Å²) in [5, 5.41) is 9.97. The van der Waals surface area contributed by atoms with E-state index in [0.717, 1.165) is 16.5 Å². The van der Waals surface area contributed by atoms with Crippen molar-refractivity contribution in [3.05, 3.63) is 78.0 Å². The van der Waals surface area contributed by atoms with Crippen molar-refractivity contribution in [3.8, 4) is 0 Å². The van der Waals surface area contributed by atoms with Gasteiger partial charge in [0.05, 0.1) is 5.56 Å². The average Bonchev–Trinajstić information content (AvgIpc) is 2.91. The van der Waals surface area contributed by atoms with E-state index < -0.39 is 5.97 Å². The molecule has 0 radical (unpaired) electrons. The lowest BCUT2D eigenvalue weighted by molar-refractivity contribution is 0.0699. The minimum atomic E-state index is -0.891. The lowest BCUT2D eigenvalue weighted by Crippen LogP contribution is -1.97. The first-order valence-corrected chi connectivity index (χ1v) is 6.78. The molecule has 0 spiro atoms. The van der Waals surface area contributed by atoms with Gasteiger partial charge in [-0.05, 0) is 23.8 Å². The van der Waals surface area contributed by atoms with Gasteiger partial charge >= 0.3 is 5.97 Å². The molecular formula is C18H15NO2. The molecule has 0 aliphatic heterocycles. The zero-order chi connectivity index (χ0) is 14.7. The van der Waals surface area contributed by atoms with Crippen LogP contribution >= 0.6 is 0 Å². The van der Waals surface area contributed by atoms with Gasteiger partial charge in [0, 0.05) is 23.6 Å². The lowest BCUT2D eigenvalue weighted by atomic mass is 10.1. The summed E-state index contributed by atoms with van der Waals surface area (Å²) in [6.07, 6.45) is 6.06. The number of nitrogens with zero attached hydrogens (tertiary/aromatic N) is 1. The number of carboxylic acid groups (broad SMARTS) is 1. The molecule has 0 aliphatic rings. The maximum absolute atomic E-state index is 11.2. The van der Waals surface area contributed by atoms with Gasteiger partial charge in [0.25, 0.3) is 0 Å². The second kappa shape index (κ2) is 5.67. The zero-order valence-corrected chi connectivity index (χ0v) is 11.4. The molecule has 1 aromatic heterocycles. The van der Waals surface area contributed by atoms with Crippen LogP contribution in [0.2, 0.25) is 0 Å². The first kappa shape index (κ1) is 13.2. The number of allylic oxidation sites excluding steroid dienone is 1. The molecule has 1 N–H and O–H groups in total. The van der Waals surface area contributed by atoms with Crippen molar-refractivity contribution in [2.24, 2.45) is 0 Å². The number of hydrogen-bond donors (Lipinski definition) is 1. The molecule has 2 aromatic carbocycles. The Labute approximate surface area is 122 Å². The molecule has 3 heteroatoms. The summed E-state index contributed by atoms with van der Waals surface area (Å²) < 4.78 is 2.04. The van der Waals surface area contributed by atoms with E-state index in [4.69, 9.17) is 0 Å². The number of benzene rings is 2. The fourth-order valence-corrected chi connectivity index (χ4v) is 2.44. The Bertz CT molecular complexity index is 800. The largest absolute Gasteiger partial charge is 0.478 e. The summed E-state index contributed by atoms with van der Waals surface area (Å²) >= 11 is 0. The van der Waals surface area contributed by atoms with E-state index in [2.05, 4.69) is 12.2 Å². The molecule has 0 atom stereocenters. The van der Waals surface area contributed by atoms with E-state index in [1.165, 1.54) is 0 Å². The Hall–Kier alpha value is -2.81. The van der Waals surface area contributed by atoms with Crippen LogP contribution in [0, 0.1) is 0 Å². The van der Waals surface area contributed by atoms with Crippen LogP contribution in [-0.2, 0) is 6.54 Å². The van der Waals surface area contributed by atoms with Crippen molar-refractivity contribution >= 4 is 22.9 Å². The highest BCUT2D eigenvalue weighted by atomic mass is 16.4. The SMILES string of the molecule is O=C(O)c1cccc2c1ccn2C/C=C/c1ccccc1. The Morgan fingerprint density at radius 1 is 1.05 bits per heavy atom. The van der Waals surface area contributed by atoms with E-state index in [1.807, 2.05) is 53.2 Å². The normalized spacial score (nSPS) is 11.2. The zero-order valence-electron chi connectivity index (χ0n) is 11.4. The van der Waals surface area contributed by atoms with Crippen LogP contribution in [0.4, 0.5) is 0 Å². The van der Waals surface area contributed by atoms with Gasteiger partial charge in [-0.15, -0.1) is 0 Å². The van der Waals surface area contributed by atoms with Gasteiger partial charge in [0.1, 0.15) is 0 Å². The summed E-state index contributed by atoms with van der Waals surface area (Å²) in [5.41, 5.74) is 2.44. The van der Waals surface area contributed by atoms with Gasteiger partial charge in [0.2, 0.25) is 0 Å². The van der Waals surface area contributed by atoms with Crippen molar-refractivity contribution in [2.75, 3.05) is 0 Å². The lowest BCUT2D eigenvalue weighted by Gasteiger charge is -2.02. The maximum atomic E-state index is 11.2. The predicted molar refractivity (Wildman–Crippen MR) is 84.4 cm³/mol. The summed E-state index contributed by atoms with van der Waals surface area (Å²) in [6, 6.07) is 17.3. The highest BCUT2D eigenvalue weighted by molar-refractivity contribution is 6.02. The predicted octanol–water partition coefficient (Wildman–Crippen LogP) is 4.05. The number of rotatable bonds is 4. The van der Waals surface area contributed by atoms with Crippen LogP contribution in [0.5, 0.6) is 0 Å². The summed E-state index contributed by atoms with van der Waals surface area (Å²) in [4.78, 5) is 11.2. The van der Waals surface area contributed by atoms with E-state index in [-0.39, 0.29) is 0 Å². The smallest absolute Gasteiger partial charge is 0.336 e. The Morgan fingerprint density at radius 3 is 2.62 bits per heavy atom. The van der Waals surface area contributed by atoms with Gasteiger partial charge in [-0.2, -0.15) is 0 Å². The van der Waals surface area contributed by atoms with Gasteiger partial charge in [0.15, 0.2) is 0 Å². The average molecular weight is 277 g/mol. The van der Waals surface area contributed by atoms with Crippen molar-refractivity contribution in [1.82, 2.24) is 4.57 Å². The molecule has 0 saturated heterocycles.